The summed E-state index contributed by atoms with van der Waals surface area (Å²) < 4.78 is 1.04. The number of aliphatic hydroxyl groups is 1. The normalized spacial score (nSPS) is 24.5. The molecule has 0 saturated carbocycles. The second-order valence-corrected chi connectivity index (χ2v) is 12.4. The zero-order valence-corrected chi connectivity index (χ0v) is 22.7. The van der Waals surface area contributed by atoms with Crippen molar-refractivity contribution in [2.24, 2.45) is 0 Å². The number of thiophene rings is 1. The van der Waals surface area contributed by atoms with Gasteiger partial charge in [-0.3, -0.25) is 24.4 Å². The number of hydrogen-bond acceptors (Lipinski definition) is 7. The molecule has 5 heterocycles. The second-order valence-electron chi connectivity index (χ2n) is 10.8. The third-order valence-corrected chi connectivity index (χ3v) is 9.73. The van der Waals surface area contributed by atoms with E-state index in [0.717, 1.165) is 58.6 Å². The number of fused-ring (bicyclic) bond motifs is 2. The van der Waals surface area contributed by atoms with E-state index < -0.39 is 0 Å². The summed E-state index contributed by atoms with van der Waals surface area (Å²) >= 11 is 8.27. The third kappa shape index (κ3) is 4.24. The van der Waals surface area contributed by atoms with Crippen LogP contribution in [0, 0.1) is 0 Å². The van der Waals surface area contributed by atoms with Gasteiger partial charge in [0.05, 0.1) is 23.4 Å². The summed E-state index contributed by atoms with van der Waals surface area (Å²) in [5.74, 6) is -0.210. The Kier molecular flexibility index (Phi) is 6.26. The van der Waals surface area contributed by atoms with Crippen LogP contribution in [-0.2, 0) is 22.6 Å². The van der Waals surface area contributed by atoms with Crippen LogP contribution in [0.4, 0.5) is 5.69 Å². The van der Waals surface area contributed by atoms with Gasteiger partial charge in [0.2, 0.25) is 11.8 Å². The minimum atomic E-state index is -0.230. The molecule has 6 rings (SSSR count). The van der Waals surface area contributed by atoms with Crippen molar-refractivity contribution in [3.05, 3.63) is 45.9 Å². The number of aromatic nitrogens is 1. The van der Waals surface area contributed by atoms with Crippen molar-refractivity contribution in [3.63, 3.8) is 0 Å². The van der Waals surface area contributed by atoms with Crippen LogP contribution in [0.15, 0.2) is 30.5 Å². The maximum Gasteiger partial charge on any atom is 0.230 e. The number of halogens is 1. The van der Waals surface area contributed by atoms with E-state index >= 15 is 0 Å². The average Bonchev–Trinajstić information content (AvgIpc) is 3.54. The Morgan fingerprint density at radius 1 is 1.16 bits per heavy atom. The van der Waals surface area contributed by atoms with Crippen LogP contribution < -0.4 is 4.90 Å². The summed E-state index contributed by atoms with van der Waals surface area (Å²) in [6, 6.07) is 8.50. The molecule has 0 radical (unpaired) electrons. The first-order chi connectivity index (χ1) is 17.8. The van der Waals surface area contributed by atoms with Crippen molar-refractivity contribution in [2.75, 3.05) is 31.6 Å². The zero-order chi connectivity index (χ0) is 25.9. The summed E-state index contributed by atoms with van der Waals surface area (Å²) in [6.45, 7) is 4.43. The Morgan fingerprint density at radius 2 is 1.95 bits per heavy atom. The maximum atomic E-state index is 12.2. The fourth-order valence-electron chi connectivity index (χ4n) is 6.20. The van der Waals surface area contributed by atoms with Gasteiger partial charge in [-0.25, -0.2) is 0 Å². The molecule has 2 fully saturated rings. The lowest BCUT2D eigenvalue weighted by Crippen LogP contribution is -2.41. The van der Waals surface area contributed by atoms with E-state index in [4.69, 9.17) is 11.6 Å². The van der Waals surface area contributed by atoms with Gasteiger partial charge in [-0.15, -0.1) is 11.3 Å². The molecule has 0 spiro atoms. The maximum absolute atomic E-state index is 12.2. The molecule has 3 aliphatic rings. The van der Waals surface area contributed by atoms with Gasteiger partial charge in [0.15, 0.2) is 0 Å². The number of likely N-dealkylation sites (tertiary alicyclic amines) is 2. The highest BCUT2D eigenvalue weighted by Crippen LogP contribution is 2.46. The molecular formula is C28H31ClN4O3S. The van der Waals surface area contributed by atoms with Crippen molar-refractivity contribution in [2.45, 2.75) is 57.2 Å². The molecule has 2 atom stereocenters. The fourth-order valence-corrected chi connectivity index (χ4v) is 7.57. The molecule has 1 aromatic carbocycles. The first-order valence-corrected chi connectivity index (χ1v) is 14.1. The van der Waals surface area contributed by atoms with Crippen molar-refractivity contribution in [1.29, 1.82) is 0 Å². The van der Waals surface area contributed by atoms with E-state index in [1.165, 1.54) is 16.2 Å². The largest absolute Gasteiger partial charge is 0.394 e. The van der Waals surface area contributed by atoms with Gasteiger partial charge in [-0.05, 0) is 63.1 Å². The Labute approximate surface area is 225 Å². The molecule has 9 heteroatoms. The number of aliphatic hydroxyl groups excluding tert-OH is 1. The molecule has 0 bridgehead atoms. The summed E-state index contributed by atoms with van der Waals surface area (Å²) in [5.41, 5.74) is 5.28. The van der Waals surface area contributed by atoms with Crippen LogP contribution in [0.5, 0.6) is 0 Å². The molecule has 37 heavy (non-hydrogen) atoms. The minimum Gasteiger partial charge on any atom is -0.394 e. The molecule has 0 unspecified atom stereocenters. The predicted molar refractivity (Wildman–Crippen MR) is 147 cm³/mol. The van der Waals surface area contributed by atoms with Crippen molar-refractivity contribution in [1.82, 2.24) is 14.8 Å². The molecule has 3 aliphatic heterocycles. The smallest absolute Gasteiger partial charge is 0.230 e. The van der Waals surface area contributed by atoms with E-state index in [1.54, 1.807) is 11.3 Å². The van der Waals surface area contributed by atoms with Gasteiger partial charge in [0.25, 0.3) is 0 Å². The molecule has 1 N–H and O–H groups in total. The number of aryl methyl sites for hydroxylation is 1. The molecule has 0 aliphatic carbocycles. The standard InChI is InChI=1S/C28H31ClN4O3S/c1-28(16-34)13-19(14-31(28)2)32-9-3-4-17-10-18(29)11-22(26(17)32)21-7-8-30-23-12-20(37-27(21)23)15-33-24(35)5-6-25(33)36/h7-8,10-12,19,34H,3-6,9,13-16H2,1-2H3/t19-,28-/m0/s1. The van der Waals surface area contributed by atoms with Gasteiger partial charge >= 0.3 is 0 Å². The van der Waals surface area contributed by atoms with Gasteiger partial charge in [0, 0.05) is 70.4 Å². The van der Waals surface area contributed by atoms with E-state index in [1.807, 2.05) is 18.3 Å². The lowest BCUT2D eigenvalue weighted by atomic mass is 9.91. The Bertz CT molecular complexity index is 1390. The van der Waals surface area contributed by atoms with Crippen LogP contribution in [0.3, 0.4) is 0 Å². The van der Waals surface area contributed by atoms with Gasteiger partial charge < -0.3 is 10.0 Å². The predicted octanol–water partition coefficient (Wildman–Crippen LogP) is 4.47. The van der Waals surface area contributed by atoms with Crippen LogP contribution in [0.25, 0.3) is 21.3 Å². The molecule has 7 nitrogen and oxygen atoms in total. The summed E-state index contributed by atoms with van der Waals surface area (Å²) in [4.78, 5) is 36.1. The highest BCUT2D eigenvalue weighted by atomic mass is 35.5. The summed E-state index contributed by atoms with van der Waals surface area (Å²) in [5, 5.41) is 10.8. The highest BCUT2D eigenvalue weighted by Gasteiger charge is 2.43. The first kappa shape index (κ1) is 24.8. The third-order valence-electron chi connectivity index (χ3n) is 8.37. The average molecular weight is 539 g/mol. The number of benzene rings is 1. The Hall–Kier alpha value is -2.52. The fraction of sp³-hybridized carbons (Fsp3) is 0.464. The van der Waals surface area contributed by atoms with Gasteiger partial charge in [0.1, 0.15) is 0 Å². The number of anilines is 1. The summed E-state index contributed by atoms with van der Waals surface area (Å²) in [7, 11) is 2.10. The van der Waals surface area contributed by atoms with Crippen LogP contribution in [0.2, 0.25) is 5.02 Å². The van der Waals surface area contributed by atoms with Crippen LogP contribution in [0.1, 0.15) is 43.0 Å². The molecule has 2 saturated heterocycles. The molecular weight excluding hydrogens is 508 g/mol. The molecule has 194 valence electrons. The quantitative estimate of drug-likeness (QED) is 0.483. The topological polar surface area (TPSA) is 77.0 Å². The van der Waals surface area contributed by atoms with E-state index in [-0.39, 0.29) is 24.0 Å². The highest BCUT2D eigenvalue weighted by molar-refractivity contribution is 7.19. The molecule has 3 aromatic rings. The number of amides is 2. The molecule has 2 aromatic heterocycles. The van der Waals surface area contributed by atoms with Crippen molar-refractivity contribution >= 4 is 50.7 Å². The second kappa shape index (κ2) is 9.34. The zero-order valence-electron chi connectivity index (χ0n) is 21.2. The lowest BCUT2D eigenvalue weighted by molar-refractivity contribution is -0.138. The number of pyridine rings is 1. The molecule has 2 amide bonds. The van der Waals surface area contributed by atoms with Crippen molar-refractivity contribution < 1.29 is 14.7 Å². The van der Waals surface area contributed by atoms with E-state index in [2.05, 4.69) is 40.9 Å². The van der Waals surface area contributed by atoms with Crippen LogP contribution in [-0.4, -0.2) is 70.0 Å². The monoisotopic (exact) mass is 538 g/mol. The number of carbonyl (C=O) groups excluding carboxylic acids is 2. The van der Waals surface area contributed by atoms with Crippen molar-refractivity contribution in [3.8, 4) is 11.1 Å². The number of imide groups is 1. The SMILES string of the molecule is CN1C[C@@H](N2CCCc3cc(Cl)cc(-c4ccnc5cc(CN6C(=O)CCC6=O)sc45)c32)C[C@@]1(C)CO. The summed E-state index contributed by atoms with van der Waals surface area (Å²) in [6.07, 6.45) is 5.35. The first-order valence-electron chi connectivity index (χ1n) is 12.9. The number of carbonyl (C=O) groups is 2. The lowest BCUT2D eigenvalue weighted by Gasteiger charge is -2.38. The van der Waals surface area contributed by atoms with Gasteiger partial charge in [-0.1, -0.05) is 11.6 Å². The number of nitrogens with zero attached hydrogens (tertiary/aromatic N) is 4. The Balaban J connectivity index is 1.43. The number of likely N-dealkylation sites (N-methyl/N-ethyl adjacent to an activating group) is 1. The minimum absolute atomic E-state index is 0.105. The number of rotatable bonds is 5. The van der Waals surface area contributed by atoms with E-state index in [9.17, 15) is 14.7 Å². The van der Waals surface area contributed by atoms with E-state index in [0.29, 0.717) is 30.5 Å². The van der Waals surface area contributed by atoms with Crippen LogP contribution >= 0.6 is 22.9 Å². The Morgan fingerprint density at radius 3 is 2.68 bits per heavy atom. The van der Waals surface area contributed by atoms with Gasteiger partial charge in [-0.2, -0.15) is 0 Å². The number of hydrogen-bond donors (Lipinski definition) is 1.